The summed E-state index contributed by atoms with van der Waals surface area (Å²) in [6, 6.07) is 5.93. The third-order valence-corrected chi connectivity index (χ3v) is 3.34. The van der Waals surface area contributed by atoms with Crippen molar-refractivity contribution in [3.8, 4) is 0 Å². The average molecular weight is 261 g/mol. The number of aliphatic carboxylic acids is 1. The highest BCUT2D eigenvalue weighted by molar-refractivity contribution is 5.85. The molecule has 1 aromatic rings. The van der Waals surface area contributed by atoms with E-state index in [0.717, 1.165) is 32.0 Å². The van der Waals surface area contributed by atoms with Gasteiger partial charge in [-0.25, -0.2) is 9.78 Å². The Labute approximate surface area is 113 Å². The zero-order chi connectivity index (χ0) is 13.7. The first-order chi connectivity index (χ1) is 9.16. The van der Waals surface area contributed by atoms with Crippen molar-refractivity contribution in [2.24, 2.45) is 0 Å². The second-order valence-corrected chi connectivity index (χ2v) is 4.67. The molecule has 0 aromatic carbocycles. The number of pyridine rings is 1. The summed E-state index contributed by atoms with van der Waals surface area (Å²) in [5.74, 6) is 0.173. The van der Waals surface area contributed by atoms with Crippen LogP contribution >= 0.6 is 0 Å². The summed E-state index contributed by atoms with van der Waals surface area (Å²) in [7, 11) is 0. The first-order valence-corrected chi connectivity index (χ1v) is 6.45. The van der Waals surface area contributed by atoms with Crippen LogP contribution in [0.4, 0.5) is 5.82 Å². The van der Waals surface area contributed by atoms with Crippen LogP contribution in [0.25, 0.3) is 0 Å². The summed E-state index contributed by atoms with van der Waals surface area (Å²) >= 11 is 0. The van der Waals surface area contributed by atoms with Gasteiger partial charge >= 0.3 is 5.97 Å². The quantitative estimate of drug-likeness (QED) is 0.826. The molecule has 19 heavy (non-hydrogen) atoms. The molecular formula is C14H19N3O2. The van der Waals surface area contributed by atoms with Crippen LogP contribution in [0.2, 0.25) is 0 Å². The van der Waals surface area contributed by atoms with Crippen molar-refractivity contribution < 1.29 is 9.90 Å². The van der Waals surface area contributed by atoms with E-state index in [1.807, 2.05) is 18.2 Å². The van der Waals surface area contributed by atoms with Gasteiger partial charge in [-0.05, 0) is 19.1 Å². The van der Waals surface area contributed by atoms with Crippen LogP contribution in [0.15, 0.2) is 36.0 Å². The Kier molecular flexibility index (Phi) is 4.52. The van der Waals surface area contributed by atoms with Gasteiger partial charge in [-0.2, -0.15) is 0 Å². The normalized spacial score (nSPS) is 17.5. The van der Waals surface area contributed by atoms with Crippen molar-refractivity contribution in [3.63, 3.8) is 0 Å². The fourth-order valence-corrected chi connectivity index (χ4v) is 2.05. The molecule has 2 heterocycles. The molecule has 0 radical (unpaired) electrons. The van der Waals surface area contributed by atoms with Gasteiger partial charge in [0.1, 0.15) is 5.82 Å². The van der Waals surface area contributed by atoms with Crippen molar-refractivity contribution >= 4 is 11.8 Å². The fraction of sp³-hybridized carbons (Fsp3) is 0.429. The van der Waals surface area contributed by atoms with E-state index >= 15 is 0 Å². The standard InChI is InChI=1S/C14H19N3O2/c1-12(14(18)19)5-7-16-8-10-17(11-9-16)13-4-2-3-6-15-13/h2-6H,7-11H2,1H3,(H,18,19). The largest absolute Gasteiger partial charge is 0.478 e. The molecular weight excluding hydrogens is 242 g/mol. The molecule has 1 saturated heterocycles. The highest BCUT2D eigenvalue weighted by Gasteiger charge is 2.16. The van der Waals surface area contributed by atoms with Gasteiger partial charge in [0.15, 0.2) is 0 Å². The maximum atomic E-state index is 10.7. The Hall–Kier alpha value is -1.88. The molecule has 0 atom stereocenters. The smallest absolute Gasteiger partial charge is 0.330 e. The first-order valence-electron chi connectivity index (χ1n) is 6.45. The Balaban J connectivity index is 1.83. The van der Waals surface area contributed by atoms with Gasteiger partial charge in [0.05, 0.1) is 0 Å². The van der Waals surface area contributed by atoms with Gasteiger partial charge in [0, 0.05) is 44.5 Å². The van der Waals surface area contributed by atoms with Crippen molar-refractivity contribution in [1.82, 2.24) is 9.88 Å². The molecule has 5 heteroatoms. The molecule has 1 aliphatic rings. The predicted octanol–water partition coefficient (Wildman–Crippen LogP) is 1.23. The second kappa shape index (κ2) is 6.33. The van der Waals surface area contributed by atoms with E-state index in [4.69, 9.17) is 5.11 Å². The Morgan fingerprint density at radius 2 is 2.11 bits per heavy atom. The molecule has 1 aromatic heterocycles. The topological polar surface area (TPSA) is 56.7 Å². The minimum absolute atomic E-state index is 0.409. The van der Waals surface area contributed by atoms with Gasteiger partial charge in [-0.1, -0.05) is 12.1 Å². The maximum absolute atomic E-state index is 10.7. The minimum atomic E-state index is -0.841. The lowest BCUT2D eigenvalue weighted by Gasteiger charge is -2.34. The average Bonchev–Trinajstić information content (AvgIpc) is 2.46. The number of hydrogen-bond donors (Lipinski definition) is 1. The number of carboxylic acids is 1. The van der Waals surface area contributed by atoms with E-state index in [1.165, 1.54) is 0 Å². The summed E-state index contributed by atoms with van der Waals surface area (Å²) in [6.07, 6.45) is 3.58. The third kappa shape index (κ3) is 3.79. The number of carboxylic acid groups (broad SMARTS) is 1. The highest BCUT2D eigenvalue weighted by atomic mass is 16.4. The Bertz CT molecular complexity index is 451. The third-order valence-electron chi connectivity index (χ3n) is 3.34. The molecule has 0 spiro atoms. The molecule has 0 amide bonds. The summed E-state index contributed by atoms with van der Waals surface area (Å²) < 4.78 is 0. The van der Waals surface area contributed by atoms with Crippen LogP contribution in [-0.4, -0.2) is 53.7 Å². The summed E-state index contributed by atoms with van der Waals surface area (Å²) in [5.41, 5.74) is 0.409. The number of nitrogens with zero attached hydrogens (tertiary/aromatic N) is 3. The van der Waals surface area contributed by atoms with Gasteiger partial charge in [0.2, 0.25) is 0 Å². The minimum Gasteiger partial charge on any atom is -0.478 e. The van der Waals surface area contributed by atoms with Crippen molar-refractivity contribution in [2.75, 3.05) is 37.6 Å². The lowest BCUT2D eigenvalue weighted by molar-refractivity contribution is -0.132. The van der Waals surface area contributed by atoms with E-state index in [0.29, 0.717) is 12.1 Å². The molecule has 2 rings (SSSR count). The van der Waals surface area contributed by atoms with Crippen molar-refractivity contribution in [1.29, 1.82) is 0 Å². The highest BCUT2D eigenvalue weighted by Crippen LogP contribution is 2.12. The molecule has 0 bridgehead atoms. The number of rotatable bonds is 4. The van der Waals surface area contributed by atoms with Crippen LogP contribution in [0, 0.1) is 0 Å². The van der Waals surface area contributed by atoms with E-state index < -0.39 is 5.97 Å². The van der Waals surface area contributed by atoms with Crippen LogP contribution in [0.5, 0.6) is 0 Å². The second-order valence-electron chi connectivity index (χ2n) is 4.67. The van der Waals surface area contributed by atoms with E-state index in [1.54, 1.807) is 19.2 Å². The molecule has 1 aliphatic heterocycles. The number of hydrogen-bond acceptors (Lipinski definition) is 4. The van der Waals surface area contributed by atoms with Crippen LogP contribution in [0.1, 0.15) is 6.92 Å². The monoisotopic (exact) mass is 261 g/mol. The van der Waals surface area contributed by atoms with Gasteiger partial charge in [-0.3, -0.25) is 4.90 Å². The molecule has 0 aliphatic carbocycles. The number of aromatic nitrogens is 1. The van der Waals surface area contributed by atoms with E-state index in [2.05, 4.69) is 14.8 Å². The van der Waals surface area contributed by atoms with Gasteiger partial charge in [-0.15, -0.1) is 0 Å². The number of piperazine rings is 1. The summed E-state index contributed by atoms with van der Waals surface area (Å²) in [6.45, 7) is 6.05. The first kappa shape index (κ1) is 13.5. The lowest BCUT2D eigenvalue weighted by atomic mass is 10.2. The zero-order valence-electron chi connectivity index (χ0n) is 11.1. The zero-order valence-corrected chi connectivity index (χ0v) is 11.1. The van der Waals surface area contributed by atoms with E-state index in [-0.39, 0.29) is 0 Å². The van der Waals surface area contributed by atoms with Crippen LogP contribution < -0.4 is 4.90 Å². The molecule has 1 fully saturated rings. The van der Waals surface area contributed by atoms with Crippen molar-refractivity contribution in [3.05, 3.63) is 36.0 Å². The number of anilines is 1. The van der Waals surface area contributed by atoms with Gasteiger partial charge < -0.3 is 10.0 Å². The lowest BCUT2D eigenvalue weighted by Crippen LogP contribution is -2.46. The Morgan fingerprint density at radius 1 is 1.37 bits per heavy atom. The molecule has 0 saturated carbocycles. The molecule has 102 valence electrons. The predicted molar refractivity (Wildman–Crippen MR) is 74.3 cm³/mol. The summed E-state index contributed by atoms with van der Waals surface area (Å²) in [5, 5.41) is 8.80. The maximum Gasteiger partial charge on any atom is 0.330 e. The van der Waals surface area contributed by atoms with Crippen LogP contribution in [0.3, 0.4) is 0 Å². The molecule has 1 N–H and O–H groups in total. The van der Waals surface area contributed by atoms with Crippen LogP contribution in [-0.2, 0) is 4.79 Å². The van der Waals surface area contributed by atoms with Crippen molar-refractivity contribution in [2.45, 2.75) is 6.92 Å². The molecule has 5 nitrogen and oxygen atoms in total. The Morgan fingerprint density at radius 3 is 2.68 bits per heavy atom. The van der Waals surface area contributed by atoms with E-state index in [9.17, 15) is 4.79 Å². The molecule has 0 unspecified atom stereocenters. The number of carbonyl (C=O) groups is 1. The van der Waals surface area contributed by atoms with Gasteiger partial charge in [0.25, 0.3) is 0 Å². The SMILES string of the molecule is CC(=CCN1CCN(c2ccccn2)CC1)C(=O)O. The summed E-state index contributed by atoms with van der Waals surface area (Å²) in [4.78, 5) is 19.6. The fourth-order valence-electron chi connectivity index (χ4n) is 2.05.